The van der Waals surface area contributed by atoms with Crippen molar-refractivity contribution in [1.29, 1.82) is 0 Å². The highest BCUT2D eigenvalue weighted by Crippen LogP contribution is 2.36. The second-order valence-electron chi connectivity index (χ2n) is 10.3. The van der Waals surface area contributed by atoms with E-state index >= 15 is 0 Å². The zero-order valence-electron chi connectivity index (χ0n) is 25.0. The van der Waals surface area contributed by atoms with Crippen molar-refractivity contribution in [3.8, 4) is 11.4 Å². The number of carboxylic acid groups (broad SMARTS) is 1. The molecule has 0 radical (unpaired) electrons. The molecule has 11 heteroatoms. The van der Waals surface area contributed by atoms with Crippen molar-refractivity contribution in [3.63, 3.8) is 0 Å². The predicted molar refractivity (Wildman–Crippen MR) is 173 cm³/mol. The number of carboxylic acids is 1. The quantitative estimate of drug-likeness (QED) is 0.236. The molecular weight excluding hydrogens is 646 g/mol. The Morgan fingerprint density at radius 3 is 2.57 bits per heavy atom. The number of ether oxygens (including phenoxy) is 2. The maximum Gasteiger partial charge on any atom is 0.338 e. The second-order valence-corrected chi connectivity index (χ2v) is 12.2. The average Bonchev–Trinajstić information content (AvgIpc) is 3.45. The van der Waals surface area contributed by atoms with Gasteiger partial charge in [0.05, 0.1) is 45.6 Å². The largest absolute Gasteiger partial charge is 0.496 e. The Hall–Kier alpha value is -4.22. The van der Waals surface area contributed by atoms with E-state index in [0.717, 1.165) is 29.1 Å². The minimum atomic E-state index is -1.00. The lowest BCUT2D eigenvalue weighted by Crippen LogP contribution is -2.40. The number of allylic oxidation sites excluding steroid dienone is 1. The SMILES string of the molecule is CCCC1=C(C(=O)OCC)[C@@H](c2ccc(OC)c(Br)c2)n2c(s/c(=C\c3cc(C)n(-c4cccc(C(=O)O)c4)c3C)c2=O)=N1. The summed E-state index contributed by atoms with van der Waals surface area (Å²) in [7, 11) is 1.58. The molecule has 3 heterocycles. The molecule has 2 aromatic carbocycles. The number of fused-ring (bicyclic) bond motifs is 1. The first-order valence-electron chi connectivity index (χ1n) is 14.2. The Bertz CT molecular complexity index is 2000. The number of hydrogen-bond donors (Lipinski definition) is 1. The number of esters is 1. The first kappa shape index (κ1) is 31.2. The molecule has 1 N–H and O–H groups in total. The first-order valence-corrected chi connectivity index (χ1v) is 15.8. The predicted octanol–water partition coefficient (Wildman–Crippen LogP) is 5.46. The van der Waals surface area contributed by atoms with Gasteiger partial charge in [-0.1, -0.05) is 36.8 Å². The van der Waals surface area contributed by atoms with Gasteiger partial charge >= 0.3 is 11.9 Å². The lowest BCUT2D eigenvalue weighted by Gasteiger charge is -2.26. The van der Waals surface area contributed by atoms with Crippen LogP contribution >= 0.6 is 27.3 Å². The van der Waals surface area contributed by atoms with E-state index in [0.29, 0.717) is 42.8 Å². The van der Waals surface area contributed by atoms with E-state index in [1.165, 1.54) is 11.3 Å². The summed E-state index contributed by atoms with van der Waals surface area (Å²) in [5.41, 5.74) is 4.85. The van der Waals surface area contributed by atoms with E-state index in [1.807, 2.05) is 55.7 Å². The number of aryl methyl sites for hydroxylation is 1. The second kappa shape index (κ2) is 12.8. The minimum absolute atomic E-state index is 0.190. The molecule has 4 aromatic rings. The third kappa shape index (κ3) is 5.69. The molecule has 1 atom stereocenters. The van der Waals surface area contributed by atoms with Crippen molar-refractivity contribution in [3.05, 3.63) is 112 Å². The highest BCUT2D eigenvalue weighted by atomic mass is 79.9. The highest BCUT2D eigenvalue weighted by Gasteiger charge is 2.34. The summed E-state index contributed by atoms with van der Waals surface area (Å²) in [6.07, 6.45) is 3.13. The third-order valence-electron chi connectivity index (χ3n) is 7.49. The fourth-order valence-electron chi connectivity index (χ4n) is 5.54. The number of thiazole rings is 1. The molecule has 2 aromatic heterocycles. The fourth-order valence-corrected chi connectivity index (χ4v) is 7.11. The molecule has 0 saturated carbocycles. The van der Waals surface area contributed by atoms with E-state index < -0.39 is 18.0 Å². The fraction of sp³-hybridized carbons (Fsp3) is 0.273. The van der Waals surface area contributed by atoms with E-state index in [9.17, 15) is 19.5 Å². The number of methoxy groups -OCH3 is 1. The van der Waals surface area contributed by atoms with Crippen LogP contribution in [-0.2, 0) is 9.53 Å². The Labute approximate surface area is 266 Å². The summed E-state index contributed by atoms with van der Waals surface area (Å²) >= 11 is 4.83. The van der Waals surface area contributed by atoms with Gasteiger partial charge in [0.15, 0.2) is 4.80 Å². The van der Waals surface area contributed by atoms with Gasteiger partial charge in [-0.2, -0.15) is 0 Å². The first-order chi connectivity index (χ1) is 21.1. The van der Waals surface area contributed by atoms with Gasteiger partial charge in [0.1, 0.15) is 5.75 Å². The molecule has 1 aliphatic rings. The minimum Gasteiger partial charge on any atom is -0.496 e. The van der Waals surface area contributed by atoms with Crippen molar-refractivity contribution in [1.82, 2.24) is 9.13 Å². The molecule has 0 spiro atoms. The summed E-state index contributed by atoms with van der Waals surface area (Å²) in [4.78, 5) is 44.5. The molecule has 0 bridgehead atoms. The number of carbonyl (C=O) groups is 2. The maximum atomic E-state index is 14.2. The normalized spacial score (nSPS) is 14.8. The van der Waals surface area contributed by atoms with Gasteiger partial charge in [0, 0.05) is 17.1 Å². The van der Waals surface area contributed by atoms with Crippen molar-refractivity contribution in [2.75, 3.05) is 13.7 Å². The van der Waals surface area contributed by atoms with E-state index in [4.69, 9.17) is 14.5 Å². The number of aromatic carboxylic acids is 1. The van der Waals surface area contributed by atoms with Crippen LogP contribution in [0.4, 0.5) is 0 Å². The molecule has 5 rings (SSSR count). The van der Waals surface area contributed by atoms with Gasteiger partial charge in [-0.15, -0.1) is 0 Å². The monoisotopic (exact) mass is 677 g/mol. The summed E-state index contributed by atoms with van der Waals surface area (Å²) in [5.74, 6) is -0.877. The third-order valence-corrected chi connectivity index (χ3v) is 9.09. The summed E-state index contributed by atoms with van der Waals surface area (Å²) in [6, 6.07) is 13.5. The van der Waals surface area contributed by atoms with E-state index in [1.54, 1.807) is 42.9 Å². The van der Waals surface area contributed by atoms with Gasteiger partial charge in [-0.25, -0.2) is 14.6 Å². The lowest BCUT2D eigenvalue weighted by atomic mass is 9.94. The van der Waals surface area contributed by atoms with Crippen LogP contribution in [0.3, 0.4) is 0 Å². The molecule has 228 valence electrons. The van der Waals surface area contributed by atoms with Crippen molar-refractivity contribution < 1.29 is 24.2 Å². The zero-order valence-corrected chi connectivity index (χ0v) is 27.4. The number of benzene rings is 2. The van der Waals surface area contributed by atoms with Crippen molar-refractivity contribution >= 4 is 45.3 Å². The van der Waals surface area contributed by atoms with Crippen molar-refractivity contribution in [2.45, 2.75) is 46.6 Å². The van der Waals surface area contributed by atoms with Crippen LogP contribution in [0.1, 0.15) is 65.6 Å². The van der Waals surface area contributed by atoms with Crippen LogP contribution < -0.4 is 19.6 Å². The Kier molecular flexibility index (Phi) is 9.07. The van der Waals surface area contributed by atoms with Crippen molar-refractivity contribution in [2.24, 2.45) is 4.99 Å². The molecule has 0 amide bonds. The van der Waals surface area contributed by atoms with E-state index in [-0.39, 0.29) is 17.7 Å². The maximum absolute atomic E-state index is 14.2. The molecule has 44 heavy (non-hydrogen) atoms. The molecule has 9 nitrogen and oxygen atoms in total. The number of halogens is 1. The average molecular weight is 679 g/mol. The summed E-state index contributed by atoms with van der Waals surface area (Å²) in [6.45, 7) is 7.82. The zero-order chi connectivity index (χ0) is 31.7. The van der Waals surface area contributed by atoms with Gasteiger partial charge in [0.25, 0.3) is 5.56 Å². The number of rotatable bonds is 9. The Morgan fingerprint density at radius 2 is 1.91 bits per heavy atom. The van der Waals surface area contributed by atoms with E-state index in [2.05, 4.69) is 15.9 Å². The topological polar surface area (TPSA) is 112 Å². The van der Waals surface area contributed by atoms with Gasteiger partial charge < -0.3 is 19.1 Å². The van der Waals surface area contributed by atoms with Gasteiger partial charge in [-0.05, 0) is 96.7 Å². The summed E-state index contributed by atoms with van der Waals surface area (Å²) in [5, 5.41) is 9.48. The Balaban J connectivity index is 1.72. The van der Waals surface area contributed by atoms with Crippen LogP contribution in [-0.4, -0.2) is 39.9 Å². The highest BCUT2D eigenvalue weighted by molar-refractivity contribution is 9.10. The Morgan fingerprint density at radius 1 is 1.14 bits per heavy atom. The standard InChI is InChI=1S/C33H32BrN3O6S/c1-6-9-25-28(32(41)43-7-2)29(20-12-13-26(42-5)24(34)16-20)37-30(38)27(44-33(37)35-25)17-22-14-18(3)36(19(22)4)23-11-8-10-21(15-23)31(39)40/h8,10-17,29H,6-7,9H2,1-5H3,(H,39,40)/b27-17-/t29-/m1/s1. The van der Waals surface area contributed by atoms with Gasteiger partial charge in [0.2, 0.25) is 0 Å². The molecule has 0 aliphatic carbocycles. The number of hydrogen-bond acceptors (Lipinski definition) is 7. The number of aromatic nitrogens is 2. The van der Waals surface area contributed by atoms with Crippen LogP contribution in [0.15, 0.2) is 74.1 Å². The number of carbonyl (C=O) groups excluding carboxylic acids is 1. The van der Waals surface area contributed by atoms with Crippen LogP contribution in [0, 0.1) is 13.8 Å². The summed E-state index contributed by atoms with van der Waals surface area (Å²) < 4.78 is 15.6. The molecular formula is C33H32BrN3O6S. The molecule has 1 aliphatic heterocycles. The molecule has 0 fully saturated rings. The van der Waals surface area contributed by atoms with Crippen LogP contribution in [0.5, 0.6) is 5.75 Å². The van der Waals surface area contributed by atoms with Gasteiger partial charge in [-0.3, -0.25) is 9.36 Å². The smallest absolute Gasteiger partial charge is 0.338 e. The number of nitrogens with zero attached hydrogens (tertiary/aromatic N) is 3. The molecule has 0 saturated heterocycles. The van der Waals surface area contributed by atoms with Crippen LogP contribution in [0.25, 0.3) is 11.8 Å². The lowest BCUT2D eigenvalue weighted by molar-refractivity contribution is -0.139. The van der Waals surface area contributed by atoms with Crippen LogP contribution in [0.2, 0.25) is 0 Å². The molecule has 0 unspecified atom stereocenters.